The van der Waals surface area contributed by atoms with Crippen molar-refractivity contribution in [3.8, 4) is 0 Å². The van der Waals surface area contributed by atoms with Crippen molar-refractivity contribution in [3.63, 3.8) is 0 Å². The van der Waals surface area contributed by atoms with Gasteiger partial charge in [-0.1, -0.05) is 20.8 Å². The van der Waals surface area contributed by atoms with Crippen LogP contribution in [-0.2, 0) is 10.2 Å². The van der Waals surface area contributed by atoms with Gasteiger partial charge in [0.2, 0.25) is 5.91 Å². The Kier molecular flexibility index (Phi) is 3.13. The van der Waals surface area contributed by atoms with Gasteiger partial charge in [0, 0.05) is 36.5 Å². The molecule has 4 heteroatoms. The number of aromatic nitrogens is 2. The summed E-state index contributed by atoms with van der Waals surface area (Å²) in [6.07, 6.45) is 6.60. The van der Waals surface area contributed by atoms with E-state index < -0.39 is 0 Å². The highest BCUT2D eigenvalue weighted by Crippen LogP contribution is 2.36. The van der Waals surface area contributed by atoms with Crippen molar-refractivity contribution in [2.75, 3.05) is 0 Å². The van der Waals surface area contributed by atoms with E-state index in [9.17, 15) is 4.79 Å². The number of carbonyl (C=O) groups excluding carboxylic acids is 1. The maximum absolute atomic E-state index is 11.7. The van der Waals surface area contributed by atoms with E-state index >= 15 is 0 Å². The fraction of sp³-hybridized carbons (Fsp3) is 0.615. The predicted molar refractivity (Wildman–Crippen MR) is 65.4 cm³/mol. The molecule has 4 nitrogen and oxygen atoms in total. The van der Waals surface area contributed by atoms with E-state index in [2.05, 4.69) is 36.1 Å². The van der Waals surface area contributed by atoms with Crippen molar-refractivity contribution in [2.24, 2.45) is 5.92 Å². The van der Waals surface area contributed by atoms with Crippen LogP contribution in [0.2, 0.25) is 0 Å². The first-order valence-corrected chi connectivity index (χ1v) is 6.08. The Bertz CT molecular complexity index is 404. The zero-order chi connectivity index (χ0) is 12.5. The topological polar surface area (TPSA) is 54.9 Å². The van der Waals surface area contributed by atoms with Crippen LogP contribution < -0.4 is 5.32 Å². The second-order valence-corrected chi connectivity index (χ2v) is 5.43. The molecule has 0 saturated carbocycles. The molecule has 1 fully saturated rings. The first-order valence-electron chi connectivity index (χ1n) is 6.08. The number of nitrogens with one attached hydrogen (secondary N) is 1. The molecule has 0 bridgehead atoms. The largest absolute Gasteiger partial charge is 0.352 e. The summed E-state index contributed by atoms with van der Waals surface area (Å²) in [4.78, 5) is 20.1. The highest BCUT2D eigenvalue weighted by Gasteiger charge is 2.45. The summed E-state index contributed by atoms with van der Waals surface area (Å²) >= 11 is 0. The second-order valence-electron chi connectivity index (χ2n) is 5.43. The summed E-state index contributed by atoms with van der Waals surface area (Å²) in [5.41, 5.74) is 0.680. The molecule has 1 aromatic heterocycles. The van der Waals surface area contributed by atoms with Crippen molar-refractivity contribution in [3.05, 3.63) is 24.3 Å². The predicted octanol–water partition coefficient (Wildman–Crippen LogP) is 1.67. The third kappa shape index (κ3) is 2.30. The molecule has 1 N–H and O–H groups in total. The Balaban J connectivity index is 2.30. The van der Waals surface area contributed by atoms with E-state index in [1.165, 1.54) is 0 Å². The third-order valence-corrected chi connectivity index (χ3v) is 3.49. The van der Waals surface area contributed by atoms with Gasteiger partial charge in [0.1, 0.15) is 0 Å². The van der Waals surface area contributed by atoms with Gasteiger partial charge in [0.25, 0.3) is 0 Å². The third-order valence-electron chi connectivity index (χ3n) is 3.49. The van der Waals surface area contributed by atoms with E-state index in [1.54, 1.807) is 18.6 Å². The molecule has 0 radical (unpaired) electrons. The van der Waals surface area contributed by atoms with Crippen molar-refractivity contribution >= 4 is 5.91 Å². The fourth-order valence-electron chi connectivity index (χ4n) is 2.51. The van der Waals surface area contributed by atoms with E-state index in [0.29, 0.717) is 12.3 Å². The SMILES string of the molecule is CC(C)CC1NC(=O)CC1(C)c1cnccn1. The van der Waals surface area contributed by atoms with E-state index in [-0.39, 0.29) is 17.4 Å². The Morgan fingerprint density at radius 2 is 2.29 bits per heavy atom. The Morgan fingerprint density at radius 1 is 1.53 bits per heavy atom. The van der Waals surface area contributed by atoms with Crippen molar-refractivity contribution < 1.29 is 4.79 Å². The van der Waals surface area contributed by atoms with Crippen molar-refractivity contribution in [1.29, 1.82) is 0 Å². The summed E-state index contributed by atoms with van der Waals surface area (Å²) < 4.78 is 0. The van der Waals surface area contributed by atoms with Crippen LogP contribution in [0.5, 0.6) is 0 Å². The molecule has 2 rings (SSSR count). The molecule has 0 aromatic carbocycles. The second kappa shape index (κ2) is 4.43. The van der Waals surface area contributed by atoms with Crippen LogP contribution in [0.15, 0.2) is 18.6 Å². The van der Waals surface area contributed by atoms with Crippen LogP contribution in [0.3, 0.4) is 0 Å². The standard InChI is InChI=1S/C13H19N3O/c1-9(2)6-10-13(3,7-12(17)16-10)11-8-14-4-5-15-11/h4-5,8-10H,6-7H2,1-3H3,(H,16,17). The number of rotatable bonds is 3. The lowest BCUT2D eigenvalue weighted by atomic mass is 9.76. The van der Waals surface area contributed by atoms with Gasteiger partial charge in [-0.3, -0.25) is 14.8 Å². The molecule has 1 aliphatic heterocycles. The first-order chi connectivity index (χ1) is 8.02. The summed E-state index contributed by atoms with van der Waals surface area (Å²) in [7, 11) is 0. The number of hydrogen-bond donors (Lipinski definition) is 1. The molecule has 2 unspecified atom stereocenters. The first kappa shape index (κ1) is 12.0. The summed E-state index contributed by atoms with van der Waals surface area (Å²) in [5.74, 6) is 0.665. The smallest absolute Gasteiger partial charge is 0.221 e. The molecule has 0 spiro atoms. The molecule has 1 aromatic rings. The quantitative estimate of drug-likeness (QED) is 0.864. The Morgan fingerprint density at radius 3 is 2.88 bits per heavy atom. The molecule has 92 valence electrons. The number of carbonyl (C=O) groups is 1. The van der Waals surface area contributed by atoms with Gasteiger partial charge in [0.05, 0.1) is 5.69 Å². The molecular weight excluding hydrogens is 214 g/mol. The Hall–Kier alpha value is -1.45. The maximum atomic E-state index is 11.7. The maximum Gasteiger partial charge on any atom is 0.221 e. The van der Waals surface area contributed by atoms with Gasteiger partial charge in [0.15, 0.2) is 0 Å². The zero-order valence-electron chi connectivity index (χ0n) is 10.6. The molecule has 1 amide bonds. The van der Waals surface area contributed by atoms with Gasteiger partial charge in [-0.05, 0) is 12.3 Å². The molecular formula is C13H19N3O. The van der Waals surface area contributed by atoms with Crippen molar-refractivity contribution in [2.45, 2.75) is 45.1 Å². The molecule has 2 heterocycles. The van der Waals surface area contributed by atoms with Crippen LogP contribution >= 0.6 is 0 Å². The lowest BCUT2D eigenvalue weighted by Crippen LogP contribution is -2.40. The lowest BCUT2D eigenvalue weighted by Gasteiger charge is -2.30. The van der Waals surface area contributed by atoms with Gasteiger partial charge >= 0.3 is 0 Å². The van der Waals surface area contributed by atoms with Crippen LogP contribution in [0.1, 0.15) is 39.3 Å². The summed E-state index contributed by atoms with van der Waals surface area (Å²) in [6, 6.07) is 0.159. The molecule has 1 saturated heterocycles. The molecule has 17 heavy (non-hydrogen) atoms. The molecule has 0 aliphatic carbocycles. The average Bonchev–Trinajstić information content (AvgIpc) is 2.55. The van der Waals surface area contributed by atoms with Crippen molar-refractivity contribution in [1.82, 2.24) is 15.3 Å². The monoisotopic (exact) mass is 233 g/mol. The van der Waals surface area contributed by atoms with Gasteiger partial charge < -0.3 is 5.32 Å². The molecule has 2 atom stereocenters. The Labute approximate surface area is 102 Å². The van der Waals surface area contributed by atoms with Crippen LogP contribution in [-0.4, -0.2) is 21.9 Å². The van der Waals surface area contributed by atoms with Crippen LogP contribution in [0.25, 0.3) is 0 Å². The van der Waals surface area contributed by atoms with Gasteiger partial charge in [-0.15, -0.1) is 0 Å². The van der Waals surface area contributed by atoms with E-state index in [4.69, 9.17) is 0 Å². The summed E-state index contributed by atoms with van der Waals surface area (Å²) in [6.45, 7) is 6.44. The lowest BCUT2D eigenvalue weighted by molar-refractivity contribution is -0.119. The van der Waals surface area contributed by atoms with Gasteiger partial charge in [-0.2, -0.15) is 0 Å². The van der Waals surface area contributed by atoms with E-state index in [0.717, 1.165) is 12.1 Å². The number of hydrogen-bond acceptors (Lipinski definition) is 3. The highest BCUT2D eigenvalue weighted by molar-refractivity contribution is 5.81. The van der Waals surface area contributed by atoms with Crippen LogP contribution in [0, 0.1) is 5.92 Å². The van der Waals surface area contributed by atoms with E-state index in [1.807, 2.05) is 0 Å². The minimum absolute atomic E-state index is 0.115. The highest BCUT2D eigenvalue weighted by atomic mass is 16.2. The van der Waals surface area contributed by atoms with Gasteiger partial charge in [-0.25, -0.2) is 0 Å². The fourth-order valence-corrected chi connectivity index (χ4v) is 2.51. The number of amides is 1. The minimum Gasteiger partial charge on any atom is -0.352 e. The molecule has 1 aliphatic rings. The summed E-state index contributed by atoms with van der Waals surface area (Å²) in [5, 5.41) is 3.07. The van der Waals surface area contributed by atoms with Crippen LogP contribution in [0.4, 0.5) is 0 Å². The number of nitrogens with zero attached hydrogens (tertiary/aromatic N) is 2. The minimum atomic E-state index is -0.227. The average molecular weight is 233 g/mol. The zero-order valence-corrected chi connectivity index (χ0v) is 10.6. The normalized spacial score (nSPS) is 28.5.